The molecule has 0 aliphatic rings. The second kappa shape index (κ2) is 6.00. The number of nitrogens with zero attached hydrogens (tertiary/aromatic N) is 1. The van der Waals surface area contributed by atoms with Crippen LogP contribution in [0.2, 0.25) is 0 Å². The Morgan fingerprint density at radius 2 is 1.82 bits per heavy atom. The first kappa shape index (κ1) is 13.2. The molecule has 0 saturated carbocycles. The molecule has 17 heavy (non-hydrogen) atoms. The van der Waals surface area contributed by atoms with Gasteiger partial charge in [-0.15, -0.1) is 0 Å². The quantitative estimate of drug-likeness (QED) is 0.761. The summed E-state index contributed by atoms with van der Waals surface area (Å²) in [5.41, 5.74) is 0.872. The van der Waals surface area contributed by atoms with Crippen LogP contribution in [0, 0.1) is 0 Å². The van der Waals surface area contributed by atoms with Crippen molar-refractivity contribution in [2.24, 2.45) is 0 Å². The number of carbonyl (C=O) groups is 2. The summed E-state index contributed by atoms with van der Waals surface area (Å²) in [6.45, 7) is -0.288. The van der Waals surface area contributed by atoms with Gasteiger partial charge in [0.25, 0.3) is 0 Å². The van der Waals surface area contributed by atoms with Gasteiger partial charge < -0.3 is 10.2 Å². The number of rotatable bonds is 6. The number of hydrogen-bond acceptors (Lipinski definition) is 3. The van der Waals surface area contributed by atoms with E-state index in [1.165, 1.54) is 11.9 Å². The lowest BCUT2D eigenvalue weighted by molar-refractivity contribution is -0.145. The van der Waals surface area contributed by atoms with Crippen LogP contribution in [0.25, 0.3) is 0 Å². The monoisotopic (exact) mass is 237 g/mol. The molecule has 0 aliphatic heterocycles. The first-order chi connectivity index (χ1) is 8.00. The molecule has 1 aromatic rings. The summed E-state index contributed by atoms with van der Waals surface area (Å²) >= 11 is 0. The van der Waals surface area contributed by atoms with E-state index in [1.807, 2.05) is 30.3 Å². The first-order valence-electron chi connectivity index (χ1n) is 5.19. The molecule has 1 aromatic carbocycles. The van der Waals surface area contributed by atoms with Crippen molar-refractivity contribution < 1.29 is 19.8 Å². The molecule has 92 valence electrons. The zero-order valence-corrected chi connectivity index (χ0v) is 9.54. The SMILES string of the molecule is CN(CC(=O)O)[C@@H](Cc1ccccc1)C(=O)O. The van der Waals surface area contributed by atoms with E-state index >= 15 is 0 Å². The van der Waals surface area contributed by atoms with E-state index < -0.39 is 18.0 Å². The lowest BCUT2D eigenvalue weighted by Gasteiger charge is -2.22. The van der Waals surface area contributed by atoms with Gasteiger partial charge in [-0.05, 0) is 19.0 Å². The summed E-state index contributed by atoms with van der Waals surface area (Å²) in [6, 6.07) is 8.32. The fourth-order valence-corrected chi connectivity index (χ4v) is 1.59. The Labute approximate surface area is 99.3 Å². The predicted molar refractivity (Wildman–Crippen MR) is 61.8 cm³/mol. The third-order valence-corrected chi connectivity index (χ3v) is 2.47. The van der Waals surface area contributed by atoms with Crippen molar-refractivity contribution in [3.8, 4) is 0 Å². The van der Waals surface area contributed by atoms with E-state index in [2.05, 4.69) is 0 Å². The minimum absolute atomic E-state index is 0.288. The largest absolute Gasteiger partial charge is 0.480 e. The van der Waals surface area contributed by atoms with Crippen LogP contribution in [0.4, 0.5) is 0 Å². The van der Waals surface area contributed by atoms with E-state index in [1.54, 1.807) is 0 Å². The molecule has 0 bridgehead atoms. The van der Waals surface area contributed by atoms with Crippen LogP contribution >= 0.6 is 0 Å². The fraction of sp³-hybridized carbons (Fsp3) is 0.333. The topological polar surface area (TPSA) is 77.8 Å². The highest BCUT2D eigenvalue weighted by atomic mass is 16.4. The van der Waals surface area contributed by atoms with Crippen molar-refractivity contribution in [3.63, 3.8) is 0 Å². The lowest BCUT2D eigenvalue weighted by Crippen LogP contribution is -2.42. The molecule has 5 heteroatoms. The Morgan fingerprint density at radius 3 is 2.29 bits per heavy atom. The number of hydrogen-bond donors (Lipinski definition) is 2. The highest BCUT2D eigenvalue weighted by Gasteiger charge is 2.24. The number of benzene rings is 1. The second-order valence-corrected chi connectivity index (χ2v) is 3.85. The van der Waals surface area contributed by atoms with Crippen LogP contribution < -0.4 is 0 Å². The standard InChI is InChI=1S/C12H15NO4/c1-13(8-11(14)15)10(12(16)17)7-9-5-3-2-4-6-9/h2-6,10H,7-8H2,1H3,(H,14,15)(H,16,17)/t10-/m0/s1. The van der Waals surface area contributed by atoms with Gasteiger partial charge in [0.05, 0.1) is 6.54 Å². The highest BCUT2D eigenvalue weighted by molar-refractivity contribution is 5.75. The molecule has 0 radical (unpaired) electrons. The minimum Gasteiger partial charge on any atom is -0.480 e. The van der Waals surface area contributed by atoms with Gasteiger partial charge in [-0.1, -0.05) is 30.3 Å². The van der Waals surface area contributed by atoms with Gasteiger partial charge in [0, 0.05) is 0 Å². The molecule has 0 spiro atoms. The zero-order chi connectivity index (χ0) is 12.8. The van der Waals surface area contributed by atoms with Crippen LogP contribution in [0.1, 0.15) is 5.56 Å². The maximum absolute atomic E-state index is 11.1. The Kier molecular flexibility index (Phi) is 4.66. The van der Waals surface area contributed by atoms with E-state index in [9.17, 15) is 9.59 Å². The van der Waals surface area contributed by atoms with E-state index in [-0.39, 0.29) is 6.54 Å². The molecule has 0 saturated heterocycles. The molecule has 2 N–H and O–H groups in total. The Morgan fingerprint density at radius 1 is 1.24 bits per heavy atom. The van der Waals surface area contributed by atoms with Gasteiger partial charge in [-0.25, -0.2) is 0 Å². The zero-order valence-electron chi connectivity index (χ0n) is 9.54. The van der Waals surface area contributed by atoms with Crippen LogP contribution in [0.5, 0.6) is 0 Å². The summed E-state index contributed by atoms with van der Waals surface area (Å²) in [5.74, 6) is -2.05. The third kappa shape index (κ3) is 4.24. The predicted octanol–water partition coefficient (Wildman–Crippen LogP) is 0.699. The van der Waals surface area contributed by atoms with Crippen molar-refractivity contribution in [2.75, 3.05) is 13.6 Å². The molecule has 0 amide bonds. The lowest BCUT2D eigenvalue weighted by atomic mass is 10.1. The minimum atomic E-state index is -1.04. The van der Waals surface area contributed by atoms with Crippen molar-refractivity contribution in [2.45, 2.75) is 12.5 Å². The number of carboxylic acids is 2. The molecule has 1 atom stereocenters. The molecule has 1 rings (SSSR count). The Balaban J connectivity index is 2.73. The maximum Gasteiger partial charge on any atom is 0.321 e. The van der Waals surface area contributed by atoms with Crippen LogP contribution in [-0.4, -0.2) is 46.7 Å². The van der Waals surface area contributed by atoms with Gasteiger partial charge >= 0.3 is 11.9 Å². The summed E-state index contributed by atoms with van der Waals surface area (Å²) < 4.78 is 0. The van der Waals surface area contributed by atoms with E-state index in [0.29, 0.717) is 6.42 Å². The van der Waals surface area contributed by atoms with Crippen molar-refractivity contribution >= 4 is 11.9 Å². The van der Waals surface area contributed by atoms with E-state index in [4.69, 9.17) is 10.2 Å². The van der Waals surface area contributed by atoms with Crippen molar-refractivity contribution in [1.29, 1.82) is 0 Å². The second-order valence-electron chi connectivity index (χ2n) is 3.85. The molecule has 5 nitrogen and oxygen atoms in total. The van der Waals surface area contributed by atoms with Gasteiger partial charge in [0.1, 0.15) is 6.04 Å². The average molecular weight is 237 g/mol. The maximum atomic E-state index is 11.1. The summed E-state index contributed by atoms with van der Waals surface area (Å²) in [4.78, 5) is 23.0. The smallest absolute Gasteiger partial charge is 0.321 e. The molecule has 0 aliphatic carbocycles. The third-order valence-electron chi connectivity index (χ3n) is 2.47. The van der Waals surface area contributed by atoms with Crippen LogP contribution in [0.3, 0.4) is 0 Å². The van der Waals surface area contributed by atoms with E-state index in [0.717, 1.165) is 5.56 Å². The van der Waals surface area contributed by atoms with Gasteiger partial charge in [0.15, 0.2) is 0 Å². The fourth-order valence-electron chi connectivity index (χ4n) is 1.59. The normalized spacial score (nSPS) is 12.4. The molecule has 0 aromatic heterocycles. The molecular weight excluding hydrogens is 222 g/mol. The van der Waals surface area contributed by atoms with Gasteiger partial charge in [0.2, 0.25) is 0 Å². The molecular formula is C12H15NO4. The van der Waals surface area contributed by atoms with Crippen LogP contribution in [-0.2, 0) is 16.0 Å². The highest BCUT2D eigenvalue weighted by Crippen LogP contribution is 2.08. The molecule has 0 heterocycles. The first-order valence-corrected chi connectivity index (χ1v) is 5.19. The van der Waals surface area contributed by atoms with Gasteiger partial charge in [-0.3, -0.25) is 14.5 Å². The summed E-state index contributed by atoms with van der Waals surface area (Å²) in [5, 5.41) is 17.7. The summed E-state index contributed by atoms with van der Waals surface area (Å²) in [6.07, 6.45) is 0.292. The molecule has 0 fully saturated rings. The molecule has 0 unspecified atom stereocenters. The Bertz CT molecular complexity index is 391. The number of likely N-dealkylation sites (N-methyl/N-ethyl adjacent to an activating group) is 1. The average Bonchev–Trinajstić information content (AvgIpc) is 2.25. The Hall–Kier alpha value is -1.88. The van der Waals surface area contributed by atoms with Crippen LogP contribution in [0.15, 0.2) is 30.3 Å². The summed E-state index contributed by atoms with van der Waals surface area (Å²) in [7, 11) is 1.50. The van der Waals surface area contributed by atoms with Crippen molar-refractivity contribution in [3.05, 3.63) is 35.9 Å². The number of aliphatic carboxylic acids is 2. The van der Waals surface area contributed by atoms with Gasteiger partial charge in [-0.2, -0.15) is 0 Å². The van der Waals surface area contributed by atoms with Crippen molar-refractivity contribution in [1.82, 2.24) is 4.90 Å². The number of carboxylic acid groups (broad SMARTS) is 2.